The first-order valence-electron chi connectivity index (χ1n) is 7.61. The average Bonchev–Trinajstić information content (AvgIpc) is 2.47. The van der Waals surface area contributed by atoms with Crippen LogP contribution in [0.5, 0.6) is 0 Å². The maximum Gasteiger partial charge on any atom is 0.269 e. The number of benzene rings is 1. The van der Waals surface area contributed by atoms with E-state index in [1.54, 1.807) is 0 Å². The third kappa shape index (κ3) is 4.04. The van der Waals surface area contributed by atoms with E-state index >= 15 is 0 Å². The van der Waals surface area contributed by atoms with Gasteiger partial charge in [0, 0.05) is 18.1 Å². The summed E-state index contributed by atoms with van der Waals surface area (Å²) in [6, 6.07) is 5.17. The molecule has 1 aliphatic rings. The van der Waals surface area contributed by atoms with Gasteiger partial charge in [0.1, 0.15) is 5.75 Å². The normalized spacial score (nSPS) is 23.9. The predicted octanol–water partition coefficient (Wildman–Crippen LogP) is 1.07. The molecule has 1 aromatic carbocycles. The van der Waals surface area contributed by atoms with Gasteiger partial charge in [-0.1, -0.05) is 6.92 Å². The lowest BCUT2D eigenvalue weighted by molar-refractivity contribution is -0.928. The zero-order chi connectivity index (χ0) is 16.3. The van der Waals surface area contributed by atoms with Crippen LogP contribution in [0.1, 0.15) is 26.7 Å². The van der Waals surface area contributed by atoms with E-state index in [0.29, 0.717) is 5.92 Å². The van der Waals surface area contributed by atoms with Crippen molar-refractivity contribution >= 4 is 15.5 Å². The quantitative estimate of drug-likeness (QED) is 0.648. The molecule has 0 amide bonds. The van der Waals surface area contributed by atoms with Crippen LogP contribution in [-0.4, -0.2) is 38.2 Å². The van der Waals surface area contributed by atoms with E-state index in [9.17, 15) is 18.5 Å². The molecule has 7 heteroatoms. The average molecular weight is 327 g/mol. The molecule has 0 bridgehead atoms. The number of sulfone groups is 1. The second-order valence-electron chi connectivity index (χ2n) is 6.29. The molecular formula is C15H23N2O4S+. The van der Waals surface area contributed by atoms with Crippen LogP contribution < -0.4 is 4.90 Å². The van der Waals surface area contributed by atoms with Gasteiger partial charge in [0.05, 0.1) is 29.0 Å². The summed E-state index contributed by atoms with van der Waals surface area (Å²) in [5, 5.41) is 10.6. The molecule has 1 aromatic rings. The lowest BCUT2D eigenvalue weighted by Crippen LogP contribution is -3.17. The highest BCUT2D eigenvalue weighted by Crippen LogP contribution is 2.17. The molecule has 0 saturated carbocycles. The zero-order valence-electron chi connectivity index (χ0n) is 13.0. The van der Waals surface area contributed by atoms with Gasteiger partial charge in [-0.05, 0) is 31.9 Å². The van der Waals surface area contributed by atoms with Gasteiger partial charge >= 0.3 is 0 Å². The third-order valence-corrected chi connectivity index (χ3v) is 6.31. The van der Waals surface area contributed by atoms with Gasteiger partial charge in [0.15, 0.2) is 9.84 Å². The monoisotopic (exact) mass is 327 g/mol. The molecule has 3 atom stereocenters. The number of nitro benzene ring substituents is 1. The summed E-state index contributed by atoms with van der Waals surface area (Å²) in [5.41, 5.74) is -0.0949. The van der Waals surface area contributed by atoms with Gasteiger partial charge in [-0.3, -0.25) is 10.1 Å². The lowest BCUT2D eigenvalue weighted by Gasteiger charge is -2.32. The minimum Gasteiger partial charge on any atom is -0.332 e. The van der Waals surface area contributed by atoms with Crippen molar-refractivity contribution in [2.24, 2.45) is 5.92 Å². The van der Waals surface area contributed by atoms with E-state index in [2.05, 4.69) is 6.92 Å². The molecule has 1 saturated heterocycles. The molecule has 6 nitrogen and oxygen atoms in total. The highest BCUT2D eigenvalue weighted by atomic mass is 32.2. The molecule has 1 fully saturated rings. The molecule has 122 valence electrons. The first kappa shape index (κ1) is 16.9. The maximum atomic E-state index is 12.5. The smallest absolute Gasteiger partial charge is 0.269 e. The fraction of sp³-hybridized carbons (Fsp3) is 0.600. The van der Waals surface area contributed by atoms with E-state index in [1.807, 2.05) is 6.92 Å². The molecule has 1 aliphatic heterocycles. The fourth-order valence-electron chi connectivity index (χ4n) is 3.10. The Balaban J connectivity index is 2.08. The summed E-state index contributed by atoms with van der Waals surface area (Å²) in [4.78, 5) is 11.6. The summed E-state index contributed by atoms with van der Waals surface area (Å²) in [6.45, 7) is 6.20. The molecule has 2 rings (SSSR count). The maximum absolute atomic E-state index is 12.5. The highest BCUT2D eigenvalue weighted by molar-refractivity contribution is 7.91. The van der Waals surface area contributed by atoms with Crippen molar-refractivity contribution in [3.63, 3.8) is 0 Å². The van der Waals surface area contributed by atoms with E-state index < -0.39 is 14.8 Å². The number of nitrogens with zero attached hydrogens (tertiary/aromatic N) is 1. The van der Waals surface area contributed by atoms with Gasteiger partial charge in [-0.2, -0.15) is 0 Å². The third-order valence-electron chi connectivity index (χ3n) is 4.38. The topological polar surface area (TPSA) is 81.7 Å². The second kappa shape index (κ2) is 6.75. The number of hydrogen-bond donors (Lipinski definition) is 1. The van der Waals surface area contributed by atoms with E-state index in [-0.39, 0.29) is 22.4 Å². The Morgan fingerprint density at radius 2 is 2.00 bits per heavy atom. The first-order chi connectivity index (χ1) is 10.3. The van der Waals surface area contributed by atoms with Gasteiger partial charge in [-0.25, -0.2) is 8.42 Å². The van der Waals surface area contributed by atoms with Crippen molar-refractivity contribution in [2.75, 3.05) is 18.8 Å². The van der Waals surface area contributed by atoms with Crippen molar-refractivity contribution in [3.05, 3.63) is 34.4 Å². The number of nitro groups is 1. The molecule has 0 spiro atoms. The van der Waals surface area contributed by atoms with Crippen LogP contribution in [0.15, 0.2) is 29.2 Å². The SMILES string of the molecule is C[C@@H]1CCC[NH+]([C@@H](C)CS(=O)(=O)c2ccc([N+](=O)[O-])cc2)C1. The van der Waals surface area contributed by atoms with Gasteiger partial charge in [0.25, 0.3) is 5.69 Å². The Kier molecular flexibility index (Phi) is 5.18. The van der Waals surface area contributed by atoms with Crippen molar-refractivity contribution < 1.29 is 18.2 Å². The molecule has 0 aromatic heterocycles. The van der Waals surface area contributed by atoms with Crippen molar-refractivity contribution in [2.45, 2.75) is 37.6 Å². The Bertz CT molecular complexity index is 627. The van der Waals surface area contributed by atoms with Crippen LogP contribution >= 0.6 is 0 Å². The van der Waals surface area contributed by atoms with Crippen LogP contribution in [0.25, 0.3) is 0 Å². The Morgan fingerprint density at radius 1 is 1.36 bits per heavy atom. The summed E-state index contributed by atoms with van der Waals surface area (Å²) >= 11 is 0. The number of likely N-dealkylation sites (tertiary alicyclic amines) is 1. The van der Waals surface area contributed by atoms with E-state index in [1.165, 1.54) is 35.6 Å². The molecular weight excluding hydrogens is 304 g/mol. The fourth-order valence-corrected chi connectivity index (χ4v) is 4.73. The molecule has 0 aliphatic carbocycles. The second-order valence-corrected chi connectivity index (χ2v) is 8.33. The van der Waals surface area contributed by atoms with Crippen LogP contribution in [0.2, 0.25) is 0 Å². The van der Waals surface area contributed by atoms with Crippen molar-refractivity contribution in [1.29, 1.82) is 0 Å². The molecule has 1 N–H and O–H groups in total. The van der Waals surface area contributed by atoms with Crippen LogP contribution in [0.4, 0.5) is 5.69 Å². The van der Waals surface area contributed by atoms with Crippen LogP contribution in [0, 0.1) is 16.0 Å². The Morgan fingerprint density at radius 3 is 2.55 bits per heavy atom. The Labute approximate surface area is 131 Å². The van der Waals surface area contributed by atoms with Crippen molar-refractivity contribution in [1.82, 2.24) is 0 Å². The number of nitrogens with one attached hydrogen (secondary N) is 1. The number of piperidine rings is 1. The predicted molar refractivity (Wildman–Crippen MR) is 83.7 cm³/mol. The number of non-ortho nitro benzene ring substituents is 1. The molecule has 0 radical (unpaired) electrons. The molecule has 1 heterocycles. The summed E-state index contributed by atoms with van der Waals surface area (Å²) < 4.78 is 24.9. The summed E-state index contributed by atoms with van der Waals surface area (Å²) in [6.07, 6.45) is 2.35. The van der Waals surface area contributed by atoms with Gasteiger partial charge in [0.2, 0.25) is 0 Å². The van der Waals surface area contributed by atoms with Gasteiger partial charge < -0.3 is 4.90 Å². The van der Waals surface area contributed by atoms with Crippen molar-refractivity contribution in [3.8, 4) is 0 Å². The number of rotatable bonds is 5. The Hall–Kier alpha value is -1.47. The lowest BCUT2D eigenvalue weighted by atomic mass is 9.99. The minimum absolute atomic E-state index is 0.0305. The number of hydrogen-bond acceptors (Lipinski definition) is 4. The zero-order valence-corrected chi connectivity index (χ0v) is 13.8. The summed E-state index contributed by atoms with van der Waals surface area (Å²) in [7, 11) is -3.41. The first-order valence-corrected chi connectivity index (χ1v) is 9.26. The van der Waals surface area contributed by atoms with E-state index in [4.69, 9.17) is 0 Å². The largest absolute Gasteiger partial charge is 0.332 e. The molecule has 1 unspecified atom stereocenters. The summed E-state index contributed by atoms with van der Waals surface area (Å²) in [5.74, 6) is 0.709. The van der Waals surface area contributed by atoms with Crippen LogP contribution in [-0.2, 0) is 9.84 Å². The number of quaternary nitrogens is 1. The van der Waals surface area contributed by atoms with Gasteiger partial charge in [-0.15, -0.1) is 0 Å². The van der Waals surface area contributed by atoms with E-state index in [0.717, 1.165) is 19.5 Å². The standard InChI is InChI=1S/C15H22N2O4S/c1-12-4-3-9-16(10-12)13(2)11-22(20,21)15-7-5-14(6-8-15)17(18)19/h5-8,12-13H,3-4,9-11H2,1-2H3/p+1/t12-,13+/m1/s1. The molecule has 22 heavy (non-hydrogen) atoms. The minimum atomic E-state index is -3.41. The van der Waals surface area contributed by atoms with Crippen LogP contribution in [0.3, 0.4) is 0 Å². The highest BCUT2D eigenvalue weighted by Gasteiger charge is 2.29.